The molecule has 4 aliphatic rings. The van der Waals surface area contributed by atoms with E-state index in [-0.39, 0.29) is 0 Å². The zero-order chi connectivity index (χ0) is 6.01. The Morgan fingerprint density at radius 1 is 1.00 bits per heavy atom. The summed E-state index contributed by atoms with van der Waals surface area (Å²) in [4.78, 5) is 0. The summed E-state index contributed by atoms with van der Waals surface area (Å²) in [5.74, 6) is 4.22. The van der Waals surface area contributed by atoms with E-state index in [1.807, 2.05) is 0 Å². The van der Waals surface area contributed by atoms with E-state index in [2.05, 4.69) is 0 Å². The molecule has 2 N–H and O–H groups in total. The van der Waals surface area contributed by atoms with Crippen LogP contribution >= 0.6 is 0 Å². The largest absolute Gasteiger partial charge is 0.327 e. The monoisotopic (exact) mass is 123 g/mol. The van der Waals surface area contributed by atoms with Gasteiger partial charge in [0.1, 0.15) is 0 Å². The average molecular weight is 123 g/mol. The molecule has 0 heterocycles. The van der Waals surface area contributed by atoms with Crippen molar-refractivity contribution in [1.82, 2.24) is 0 Å². The van der Waals surface area contributed by atoms with Crippen LogP contribution in [0.4, 0.5) is 0 Å². The Morgan fingerprint density at radius 2 is 1.67 bits per heavy atom. The second kappa shape index (κ2) is 1.20. The molecule has 9 heavy (non-hydrogen) atoms. The van der Waals surface area contributed by atoms with Crippen LogP contribution in [-0.4, -0.2) is 6.04 Å². The highest BCUT2D eigenvalue weighted by molar-refractivity contribution is 5.12. The molecule has 4 saturated carbocycles. The summed E-state index contributed by atoms with van der Waals surface area (Å²) in [5.41, 5.74) is 5.94. The molecule has 4 bridgehead atoms. The first kappa shape index (κ1) is 4.73. The first-order valence-electron chi connectivity index (χ1n) is 4.12. The average Bonchev–Trinajstić information content (AvgIpc) is 2.37. The molecular weight excluding hydrogens is 110 g/mol. The summed E-state index contributed by atoms with van der Waals surface area (Å²) in [6.07, 6.45) is 4.41. The van der Waals surface area contributed by atoms with Gasteiger partial charge in [-0.15, -0.1) is 0 Å². The van der Waals surface area contributed by atoms with Gasteiger partial charge in [0, 0.05) is 6.04 Å². The lowest BCUT2D eigenvalue weighted by molar-refractivity contribution is 0.277. The molecule has 1 heteroatoms. The van der Waals surface area contributed by atoms with Crippen molar-refractivity contribution in [2.45, 2.75) is 25.3 Å². The van der Waals surface area contributed by atoms with Gasteiger partial charge < -0.3 is 5.73 Å². The van der Waals surface area contributed by atoms with Crippen molar-refractivity contribution in [2.24, 2.45) is 29.4 Å². The van der Waals surface area contributed by atoms with Gasteiger partial charge in [-0.25, -0.2) is 0 Å². The van der Waals surface area contributed by atoms with Gasteiger partial charge in [0.2, 0.25) is 0 Å². The van der Waals surface area contributed by atoms with Crippen molar-refractivity contribution >= 4 is 0 Å². The molecule has 1 nitrogen and oxygen atoms in total. The van der Waals surface area contributed by atoms with Gasteiger partial charge in [0.25, 0.3) is 0 Å². The van der Waals surface area contributed by atoms with E-state index in [0.717, 1.165) is 23.7 Å². The Kier molecular flexibility index (Phi) is 0.628. The lowest BCUT2D eigenvalue weighted by Crippen LogP contribution is -2.33. The first-order chi connectivity index (χ1) is 4.36. The summed E-state index contributed by atoms with van der Waals surface area (Å²) in [6, 6.07) is 0.604. The van der Waals surface area contributed by atoms with Crippen LogP contribution in [0.5, 0.6) is 0 Å². The Bertz CT molecular complexity index is 140. The van der Waals surface area contributed by atoms with Crippen LogP contribution in [0.2, 0.25) is 0 Å². The van der Waals surface area contributed by atoms with Gasteiger partial charge in [-0.05, 0) is 42.9 Å². The Balaban J connectivity index is 1.95. The molecule has 3 atom stereocenters. The van der Waals surface area contributed by atoms with E-state index < -0.39 is 0 Å². The smallest absolute Gasteiger partial charge is 0.00753 e. The minimum absolute atomic E-state index is 0.604. The number of hydrogen-bond donors (Lipinski definition) is 1. The Hall–Kier alpha value is -0.0400. The van der Waals surface area contributed by atoms with E-state index in [9.17, 15) is 0 Å². The summed E-state index contributed by atoms with van der Waals surface area (Å²) < 4.78 is 0. The zero-order valence-electron chi connectivity index (χ0n) is 5.59. The highest BCUT2D eigenvalue weighted by Gasteiger charge is 2.61. The molecule has 0 saturated heterocycles. The lowest BCUT2D eigenvalue weighted by Gasteiger charge is -2.27. The van der Waals surface area contributed by atoms with Crippen molar-refractivity contribution < 1.29 is 0 Å². The van der Waals surface area contributed by atoms with Crippen LogP contribution in [0.3, 0.4) is 0 Å². The van der Waals surface area contributed by atoms with Crippen molar-refractivity contribution in [2.75, 3.05) is 0 Å². The van der Waals surface area contributed by atoms with E-state index in [1.165, 1.54) is 19.3 Å². The molecule has 0 aromatic heterocycles. The summed E-state index contributed by atoms with van der Waals surface area (Å²) in [5, 5.41) is 0. The fourth-order valence-electron chi connectivity index (χ4n) is 3.37. The van der Waals surface area contributed by atoms with Crippen LogP contribution in [0, 0.1) is 23.7 Å². The van der Waals surface area contributed by atoms with Crippen LogP contribution in [-0.2, 0) is 0 Å². The number of nitrogens with two attached hydrogens (primary N) is 1. The molecule has 0 aromatic carbocycles. The molecule has 4 rings (SSSR count). The third-order valence-electron chi connectivity index (χ3n) is 3.71. The van der Waals surface area contributed by atoms with E-state index >= 15 is 0 Å². The second-order valence-corrected chi connectivity index (χ2v) is 4.14. The molecule has 0 spiro atoms. The summed E-state index contributed by atoms with van der Waals surface area (Å²) in [7, 11) is 0. The molecule has 0 aromatic rings. The highest BCUT2D eigenvalue weighted by Crippen LogP contribution is 2.66. The molecular formula is C8H13N. The van der Waals surface area contributed by atoms with Gasteiger partial charge in [-0.2, -0.15) is 0 Å². The molecule has 3 unspecified atom stereocenters. The predicted molar refractivity (Wildman–Crippen MR) is 35.8 cm³/mol. The van der Waals surface area contributed by atoms with Crippen molar-refractivity contribution in [1.29, 1.82) is 0 Å². The van der Waals surface area contributed by atoms with E-state index in [1.54, 1.807) is 0 Å². The maximum absolute atomic E-state index is 5.94. The quantitative estimate of drug-likeness (QED) is 0.510. The topological polar surface area (TPSA) is 26.0 Å². The zero-order valence-corrected chi connectivity index (χ0v) is 5.59. The van der Waals surface area contributed by atoms with Gasteiger partial charge in [-0.1, -0.05) is 0 Å². The maximum Gasteiger partial charge on any atom is 0.00753 e. The molecule has 0 aliphatic heterocycles. The van der Waals surface area contributed by atoms with E-state index in [0.29, 0.717) is 6.04 Å². The highest BCUT2D eigenvalue weighted by atomic mass is 14.8. The second-order valence-electron chi connectivity index (χ2n) is 4.14. The number of hydrogen-bond acceptors (Lipinski definition) is 1. The number of fused-ring (bicyclic) bond motifs is 1. The van der Waals surface area contributed by atoms with Crippen LogP contribution in [0.1, 0.15) is 19.3 Å². The molecule has 4 fully saturated rings. The lowest BCUT2D eigenvalue weighted by atomic mass is 9.82. The Labute approximate surface area is 55.6 Å². The van der Waals surface area contributed by atoms with Crippen molar-refractivity contribution in [3.8, 4) is 0 Å². The van der Waals surface area contributed by atoms with Crippen molar-refractivity contribution in [3.63, 3.8) is 0 Å². The Morgan fingerprint density at radius 3 is 2.00 bits per heavy atom. The SMILES string of the molecule is NC1CC2CC3C(C2)C13. The van der Waals surface area contributed by atoms with Gasteiger partial charge in [-0.3, -0.25) is 0 Å². The molecule has 50 valence electrons. The van der Waals surface area contributed by atoms with Crippen molar-refractivity contribution in [3.05, 3.63) is 0 Å². The molecule has 0 amide bonds. The molecule has 4 aliphatic carbocycles. The number of rotatable bonds is 0. The third-order valence-corrected chi connectivity index (χ3v) is 3.71. The minimum Gasteiger partial charge on any atom is -0.327 e. The van der Waals surface area contributed by atoms with Gasteiger partial charge in [0.05, 0.1) is 0 Å². The summed E-state index contributed by atoms with van der Waals surface area (Å²) >= 11 is 0. The fourth-order valence-corrected chi connectivity index (χ4v) is 3.37. The summed E-state index contributed by atoms with van der Waals surface area (Å²) in [6.45, 7) is 0. The maximum atomic E-state index is 5.94. The fraction of sp³-hybridized carbons (Fsp3) is 1.00. The van der Waals surface area contributed by atoms with Crippen LogP contribution in [0.25, 0.3) is 0 Å². The predicted octanol–water partition coefficient (Wildman–Crippen LogP) is 0.990. The third kappa shape index (κ3) is 0.420. The van der Waals surface area contributed by atoms with E-state index in [4.69, 9.17) is 5.73 Å². The van der Waals surface area contributed by atoms with Crippen LogP contribution in [0.15, 0.2) is 0 Å². The minimum atomic E-state index is 0.604. The molecule has 0 radical (unpaired) electrons. The standard InChI is InChI=1S/C8H13N/c9-7-3-4-1-5-6(2-4)8(5)7/h4-8H,1-3,9H2. The van der Waals surface area contributed by atoms with Crippen LogP contribution < -0.4 is 5.73 Å². The van der Waals surface area contributed by atoms with Gasteiger partial charge >= 0.3 is 0 Å². The normalized spacial score (nSPS) is 68.3. The first-order valence-corrected chi connectivity index (χ1v) is 4.12. The van der Waals surface area contributed by atoms with Gasteiger partial charge in [0.15, 0.2) is 0 Å².